The van der Waals surface area contributed by atoms with Crippen LogP contribution in [0, 0.1) is 0 Å². The number of hydrogen-bond donors (Lipinski definition) is 3. The third-order valence-corrected chi connectivity index (χ3v) is 0. The Morgan fingerprint density at radius 3 is 0.471 bits per heavy atom. The first-order valence-corrected chi connectivity index (χ1v) is 15.5. The summed E-state index contributed by atoms with van der Waals surface area (Å²) in [6.07, 6.45) is 0. The van der Waals surface area contributed by atoms with Gasteiger partial charge in [0.25, 0.3) is 0 Å². The Hall–Kier alpha value is 1.08. The second kappa shape index (κ2) is 12.1. The van der Waals surface area contributed by atoms with Gasteiger partial charge in [-0.25, -0.2) is 0 Å². The van der Waals surface area contributed by atoms with E-state index in [0.29, 0.717) is 0 Å². The molecule has 4 nitrogen and oxygen atoms in total. The minimum absolute atomic E-state index is 0. The topological polar surface area (TPSA) is 92.2 Å². The molecule has 1 radical (unpaired) electrons. The van der Waals surface area contributed by atoms with E-state index in [1.807, 2.05) is 58.9 Å². The van der Waals surface area contributed by atoms with E-state index in [9.17, 15) is 0 Å². The standard InChI is InChI=1S/3C3H10OSi.H2O.V/c3*1-5(2,3)4;;/h3*4H,1-3H3;1H2;. The number of rotatable bonds is 0. The zero-order valence-electron chi connectivity index (χ0n) is 12.8. The van der Waals surface area contributed by atoms with E-state index < -0.39 is 25.0 Å². The van der Waals surface area contributed by atoms with E-state index in [1.54, 1.807) is 0 Å². The van der Waals surface area contributed by atoms with Gasteiger partial charge in [0.05, 0.1) is 0 Å². The Labute approximate surface area is 122 Å². The summed E-state index contributed by atoms with van der Waals surface area (Å²) in [6.45, 7) is 16.9. The second-order valence-electron chi connectivity index (χ2n) is 6.51. The summed E-state index contributed by atoms with van der Waals surface area (Å²) < 4.78 is 0. The summed E-state index contributed by atoms with van der Waals surface area (Å²) in [7, 11) is -4.83. The summed E-state index contributed by atoms with van der Waals surface area (Å²) in [6, 6.07) is 0. The zero-order chi connectivity index (χ0) is 13.5. The predicted octanol–water partition coefficient (Wildman–Crippen LogP) is 1.61. The summed E-state index contributed by atoms with van der Waals surface area (Å²) in [4.78, 5) is 26.0. The minimum atomic E-state index is -1.61. The Morgan fingerprint density at radius 1 is 0.471 bits per heavy atom. The average Bonchev–Trinajstić information content (AvgIpc) is 1.41. The molecule has 0 aromatic carbocycles. The van der Waals surface area contributed by atoms with Gasteiger partial charge in [-0.1, -0.05) is 0 Å². The molecule has 0 bridgehead atoms. The van der Waals surface area contributed by atoms with Gasteiger partial charge in [0.15, 0.2) is 25.0 Å². The SMILES string of the molecule is C[Si](C)(C)O.C[Si](C)(C)O.C[Si](C)(C)O.O.[V]. The van der Waals surface area contributed by atoms with Crippen molar-refractivity contribution in [1.29, 1.82) is 0 Å². The molecule has 0 aliphatic rings. The van der Waals surface area contributed by atoms with Crippen LogP contribution in [0.15, 0.2) is 0 Å². The monoisotopic (exact) mass is 339 g/mol. The van der Waals surface area contributed by atoms with Gasteiger partial charge in [-0.2, -0.15) is 0 Å². The van der Waals surface area contributed by atoms with Gasteiger partial charge in [0.2, 0.25) is 0 Å². The van der Waals surface area contributed by atoms with Crippen LogP contribution in [0.3, 0.4) is 0 Å². The molecule has 0 unspecified atom stereocenters. The summed E-state index contributed by atoms with van der Waals surface area (Å²) in [5.74, 6) is 0. The molecule has 0 saturated heterocycles. The van der Waals surface area contributed by atoms with Crippen molar-refractivity contribution in [2.45, 2.75) is 58.9 Å². The summed E-state index contributed by atoms with van der Waals surface area (Å²) >= 11 is 0. The van der Waals surface area contributed by atoms with Gasteiger partial charge in [0, 0.05) is 18.6 Å². The molecule has 5 N–H and O–H groups in total. The second-order valence-corrected chi connectivity index (χ2v) is 19.5. The van der Waals surface area contributed by atoms with Gasteiger partial charge in [-0.15, -0.1) is 0 Å². The van der Waals surface area contributed by atoms with Crippen LogP contribution in [-0.4, -0.2) is 44.8 Å². The maximum atomic E-state index is 8.66. The van der Waals surface area contributed by atoms with Crippen molar-refractivity contribution in [3.63, 3.8) is 0 Å². The molecule has 0 atom stereocenters. The maximum absolute atomic E-state index is 8.66. The summed E-state index contributed by atoms with van der Waals surface area (Å²) in [5.41, 5.74) is 0. The fourth-order valence-corrected chi connectivity index (χ4v) is 0. The summed E-state index contributed by atoms with van der Waals surface area (Å²) in [5, 5.41) is 0. The molecule has 0 fully saturated rings. The van der Waals surface area contributed by atoms with Gasteiger partial charge in [0.1, 0.15) is 0 Å². The Morgan fingerprint density at radius 2 is 0.471 bits per heavy atom. The van der Waals surface area contributed by atoms with Crippen molar-refractivity contribution in [2.75, 3.05) is 0 Å². The van der Waals surface area contributed by atoms with E-state index in [-0.39, 0.29) is 24.0 Å². The number of hydrogen-bond acceptors (Lipinski definition) is 3. The predicted molar refractivity (Wildman–Crippen MR) is 80.3 cm³/mol. The Bertz CT molecular complexity index is 103. The average molecular weight is 340 g/mol. The van der Waals surface area contributed by atoms with Crippen molar-refractivity contribution >= 4 is 25.0 Å². The Kier molecular flexibility index (Phi) is 22.0. The van der Waals surface area contributed by atoms with Crippen molar-refractivity contribution in [2.24, 2.45) is 0 Å². The van der Waals surface area contributed by atoms with Crippen LogP contribution >= 0.6 is 0 Å². The molecule has 8 heteroatoms. The third kappa shape index (κ3) is 3360. The van der Waals surface area contributed by atoms with Crippen LogP contribution in [0.4, 0.5) is 0 Å². The van der Waals surface area contributed by atoms with E-state index in [0.717, 1.165) is 0 Å². The van der Waals surface area contributed by atoms with Crippen LogP contribution in [0.5, 0.6) is 0 Å². The molecule has 17 heavy (non-hydrogen) atoms. The van der Waals surface area contributed by atoms with Crippen molar-refractivity contribution in [1.82, 2.24) is 0 Å². The third-order valence-electron chi connectivity index (χ3n) is 0. The van der Waals surface area contributed by atoms with Crippen LogP contribution < -0.4 is 0 Å². The van der Waals surface area contributed by atoms with Gasteiger partial charge in [-0.05, 0) is 58.9 Å². The van der Waals surface area contributed by atoms with E-state index in [2.05, 4.69) is 0 Å². The largest absolute Gasteiger partial charge is 0.433 e. The smallest absolute Gasteiger partial charge is 0.179 e. The molecule has 0 aromatic rings. The van der Waals surface area contributed by atoms with Crippen LogP contribution in [0.25, 0.3) is 0 Å². The molecule has 0 heterocycles. The molecule has 109 valence electrons. The van der Waals surface area contributed by atoms with Crippen molar-refractivity contribution in [3.05, 3.63) is 0 Å². The van der Waals surface area contributed by atoms with Crippen molar-refractivity contribution in [3.8, 4) is 0 Å². The van der Waals surface area contributed by atoms with Crippen LogP contribution in [0.2, 0.25) is 58.9 Å². The molecule has 0 saturated carbocycles. The van der Waals surface area contributed by atoms with Gasteiger partial charge in [-0.3, -0.25) is 0 Å². The molecule has 0 aromatic heterocycles. The first-order valence-electron chi connectivity index (χ1n) is 5.17. The quantitative estimate of drug-likeness (QED) is 0.586. The normalized spacial score (nSPS) is 10.6. The molecule has 0 rings (SSSR count). The van der Waals surface area contributed by atoms with Crippen LogP contribution in [0.1, 0.15) is 0 Å². The molecular weight excluding hydrogens is 307 g/mol. The van der Waals surface area contributed by atoms with E-state index >= 15 is 0 Å². The zero-order valence-corrected chi connectivity index (χ0v) is 17.2. The fraction of sp³-hybridized carbons (Fsp3) is 1.00. The molecular formula is C9H32O4Si3V. The molecule has 0 spiro atoms. The first kappa shape index (κ1) is 30.8. The van der Waals surface area contributed by atoms with Gasteiger partial charge < -0.3 is 19.9 Å². The molecule has 0 aliphatic carbocycles. The molecule has 0 amide bonds. The minimum Gasteiger partial charge on any atom is -0.433 e. The Balaban J connectivity index is -0.0000000400. The molecule has 0 aliphatic heterocycles. The van der Waals surface area contributed by atoms with Gasteiger partial charge >= 0.3 is 0 Å². The first-order chi connectivity index (χ1) is 6.00. The fourth-order valence-electron chi connectivity index (χ4n) is 0. The van der Waals surface area contributed by atoms with E-state index in [1.165, 1.54) is 0 Å². The van der Waals surface area contributed by atoms with E-state index in [4.69, 9.17) is 14.4 Å². The van der Waals surface area contributed by atoms with Crippen LogP contribution in [-0.2, 0) is 18.6 Å². The van der Waals surface area contributed by atoms with Crippen molar-refractivity contribution < 1.29 is 38.4 Å². The maximum Gasteiger partial charge on any atom is 0.179 e.